The lowest BCUT2D eigenvalue weighted by Crippen LogP contribution is -2.32. The smallest absolute Gasteiger partial charge is 0.331 e. The van der Waals surface area contributed by atoms with E-state index in [1.54, 1.807) is 13.8 Å². The maximum absolute atomic E-state index is 13.7. The van der Waals surface area contributed by atoms with Crippen molar-refractivity contribution in [1.29, 1.82) is 0 Å². The molecule has 0 bridgehead atoms. The lowest BCUT2D eigenvalue weighted by Gasteiger charge is -2.17. The second kappa shape index (κ2) is 9.87. The maximum Gasteiger partial charge on any atom is 0.331 e. The van der Waals surface area contributed by atoms with Crippen molar-refractivity contribution in [2.45, 2.75) is 49.9 Å². The van der Waals surface area contributed by atoms with E-state index in [0.29, 0.717) is 15.9 Å². The highest BCUT2D eigenvalue weighted by molar-refractivity contribution is 8.01. The molecule has 168 valence electrons. The first kappa shape index (κ1) is 22.5. The summed E-state index contributed by atoms with van der Waals surface area (Å²) in [6.07, 6.45) is 3.95. The second-order valence-corrected chi connectivity index (χ2v) is 9.42. The number of thiophene rings is 1. The summed E-state index contributed by atoms with van der Waals surface area (Å²) in [5.74, 6) is -1.43. The third kappa shape index (κ3) is 4.31. The Morgan fingerprint density at radius 1 is 1.09 bits per heavy atom. The average Bonchev–Trinajstić information content (AvgIpc) is 3.17. The fraction of sp³-hybridized carbons (Fsp3) is 0.391. The van der Waals surface area contributed by atoms with Crippen molar-refractivity contribution in [3.05, 3.63) is 51.1 Å². The van der Waals surface area contributed by atoms with E-state index in [9.17, 15) is 14.4 Å². The van der Waals surface area contributed by atoms with E-state index < -0.39 is 17.2 Å². The second-order valence-electron chi connectivity index (χ2n) is 7.26. The van der Waals surface area contributed by atoms with Crippen LogP contribution in [0.25, 0.3) is 15.9 Å². The number of hydrogen-bond donors (Lipinski definition) is 0. The Balaban J connectivity index is 1.90. The number of ether oxygens (including phenoxy) is 2. The lowest BCUT2D eigenvalue weighted by molar-refractivity contribution is -0.152. The van der Waals surface area contributed by atoms with Crippen LogP contribution in [-0.2, 0) is 31.9 Å². The van der Waals surface area contributed by atoms with Crippen LogP contribution in [-0.4, -0.2) is 40.0 Å². The van der Waals surface area contributed by atoms with Gasteiger partial charge < -0.3 is 9.47 Å². The summed E-state index contributed by atoms with van der Waals surface area (Å²) in [5, 5.41) is -0.371. The molecule has 0 N–H and O–H groups in total. The van der Waals surface area contributed by atoms with Gasteiger partial charge in [-0.25, -0.2) is 4.98 Å². The molecular formula is C23H24N2O5S2. The fourth-order valence-corrected chi connectivity index (χ4v) is 6.09. The molecule has 32 heavy (non-hydrogen) atoms. The molecule has 3 aromatic rings. The third-order valence-electron chi connectivity index (χ3n) is 5.20. The first-order chi connectivity index (χ1) is 15.5. The van der Waals surface area contributed by atoms with E-state index in [0.717, 1.165) is 43.0 Å². The number of aromatic nitrogens is 2. The molecule has 0 amide bonds. The molecule has 0 saturated carbocycles. The van der Waals surface area contributed by atoms with Crippen LogP contribution in [0.3, 0.4) is 0 Å². The van der Waals surface area contributed by atoms with E-state index in [1.165, 1.54) is 20.8 Å². The molecule has 2 aromatic heterocycles. The zero-order valence-electron chi connectivity index (χ0n) is 18.0. The molecule has 0 saturated heterocycles. The Morgan fingerprint density at radius 2 is 1.75 bits per heavy atom. The molecule has 2 heterocycles. The number of rotatable bonds is 7. The SMILES string of the molecule is CCOC(=O)C(Sc1nc2sc3c(c2c(=O)n1-c1ccccc1)CCCC3)C(=O)OCC. The van der Waals surface area contributed by atoms with Crippen LogP contribution >= 0.6 is 23.1 Å². The Hall–Kier alpha value is -2.65. The lowest BCUT2D eigenvalue weighted by atomic mass is 9.97. The van der Waals surface area contributed by atoms with Crippen LogP contribution in [0, 0.1) is 0 Å². The van der Waals surface area contributed by atoms with Crippen molar-refractivity contribution < 1.29 is 19.1 Å². The van der Waals surface area contributed by atoms with E-state index in [-0.39, 0.29) is 23.9 Å². The molecule has 4 rings (SSSR count). The molecule has 1 aliphatic carbocycles. The summed E-state index contributed by atoms with van der Waals surface area (Å²) in [6.45, 7) is 3.60. The Morgan fingerprint density at radius 3 is 2.41 bits per heavy atom. The molecule has 1 aromatic carbocycles. The Bertz CT molecular complexity index is 1180. The van der Waals surface area contributed by atoms with Crippen LogP contribution in [0.4, 0.5) is 0 Å². The average molecular weight is 473 g/mol. The quantitative estimate of drug-likeness (QED) is 0.223. The van der Waals surface area contributed by atoms with Gasteiger partial charge in [0, 0.05) is 4.88 Å². The predicted molar refractivity (Wildman–Crippen MR) is 125 cm³/mol. The van der Waals surface area contributed by atoms with Crippen LogP contribution in [0.15, 0.2) is 40.3 Å². The zero-order chi connectivity index (χ0) is 22.7. The Kier molecular flexibility index (Phi) is 6.95. The molecule has 0 atom stereocenters. The van der Waals surface area contributed by atoms with Gasteiger partial charge >= 0.3 is 11.9 Å². The number of nitrogens with zero attached hydrogens (tertiary/aromatic N) is 2. The van der Waals surface area contributed by atoms with Gasteiger partial charge in [0.05, 0.1) is 24.3 Å². The van der Waals surface area contributed by atoms with Gasteiger partial charge in [0.15, 0.2) is 5.16 Å². The van der Waals surface area contributed by atoms with Crippen molar-refractivity contribution in [1.82, 2.24) is 9.55 Å². The third-order valence-corrected chi connectivity index (χ3v) is 7.49. The van der Waals surface area contributed by atoms with Gasteiger partial charge in [-0.1, -0.05) is 30.0 Å². The molecule has 0 fully saturated rings. The number of fused-ring (bicyclic) bond motifs is 3. The van der Waals surface area contributed by atoms with Crippen LogP contribution < -0.4 is 5.56 Å². The van der Waals surface area contributed by atoms with Crippen LogP contribution in [0.2, 0.25) is 0 Å². The number of carbonyl (C=O) groups excluding carboxylic acids is 2. The Labute approximate surface area is 193 Å². The number of esters is 2. The van der Waals surface area contributed by atoms with E-state index in [1.807, 2.05) is 30.3 Å². The number of para-hydroxylation sites is 1. The predicted octanol–water partition coefficient (Wildman–Crippen LogP) is 3.91. The summed E-state index contributed by atoms with van der Waals surface area (Å²) < 4.78 is 11.7. The van der Waals surface area contributed by atoms with Gasteiger partial charge in [0.1, 0.15) is 4.83 Å². The standard InChI is InChI=1S/C23H24N2O5S2/c1-3-29-21(27)18(22(28)30-4-2)32-23-24-19-17(15-12-8-9-13-16(15)31-19)20(26)25(23)14-10-6-5-7-11-14/h5-7,10-11,18H,3-4,8-9,12-13H2,1-2H3. The van der Waals surface area contributed by atoms with Crippen molar-refractivity contribution >= 4 is 45.3 Å². The first-order valence-electron chi connectivity index (χ1n) is 10.7. The molecular weight excluding hydrogens is 448 g/mol. The molecule has 0 radical (unpaired) electrons. The zero-order valence-corrected chi connectivity index (χ0v) is 19.6. The molecule has 0 aliphatic heterocycles. The highest BCUT2D eigenvalue weighted by Gasteiger charge is 2.33. The van der Waals surface area contributed by atoms with Gasteiger partial charge in [-0.3, -0.25) is 19.0 Å². The molecule has 9 heteroatoms. The topological polar surface area (TPSA) is 87.5 Å². The summed E-state index contributed by atoms with van der Waals surface area (Å²) in [4.78, 5) is 45.5. The maximum atomic E-state index is 13.7. The number of benzene rings is 1. The van der Waals surface area contributed by atoms with Crippen molar-refractivity contribution in [2.75, 3.05) is 13.2 Å². The largest absolute Gasteiger partial charge is 0.465 e. The van der Waals surface area contributed by atoms with Crippen LogP contribution in [0.1, 0.15) is 37.1 Å². The molecule has 0 spiro atoms. The highest BCUT2D eigenvalue weighted by atomic mass is 32.2. The van der Waals surface area contributed by atoms with Gasteiger partial charge in [-0.2, -0.15) is 0 Å². The van der Waals surface area contributed by atoms with E-state index in [4.69, 9.17) is 14.5 Å². The van der Waals surface area contributed by atoms with E-state index >= 15 is 0 Å². The first-order valence-corrected chi connectivity index (χ1v) is 12.4. The minimum absolute atomic E-state index is 0.130. The molecule has 7 nitrogen and oxygen atoms in total. The van der Waals surface area contributed by atoms with Crippen molar-refractivity contribution in [3.8, 4) is 5.69 Å². The summed E-state index contributed by atoms with van der Waals surface area (Å²) in [7, 11) is 0. The van der Waals surface area contributed by atoms with Gasteiger partial charge in [0.2, 0.25) is 5.25 Å². The van der Waals surface area contributed by atoms with Gasteiger partial charge in [-0.05, 0) is 57.2 Å². The fourth-order valence-electron chi connectivity index (χ4n) is 3.80. The summed E-state index contributed by atoms with van der Waals surface area (Å²) >= 11 is 2.42. The van der Waals surface area contributed by atoms with E-state index in [2.05, 4.69) is 0 Å². The molecule has 1 aliphatic rings. The summed E-state index contributed by atoms with van der Waals surface area (Å²) in [5.41, 5.74) is 1.52. The normalized spacial score (nSPS) is 13.2. The minimum Gasteiger partial charge on any atom is -0.465 e. The van der Waals surface area contributed by atoms with Crippen molar-refractivity contribution in [3.63, 3.8) is 0 Å². The van der Waals surface area contributed by atoms with Crippen molar-refractivity contribution in [2.24, 2.45) is 0 Å². The minimum atomic E-state index is -1.27. The number of aryl methyl sites for hydroxylation is 2. The number of carbonyl (C=O) groups is 2. The van der Waals surface area contributed by atoms with Crippen LogP contribution in [0.5, 0.6) is 0 Å². The highest BCUT2D eigenvalue weighted by Crippen LogP contribution is 2.36. The molecule has 0 unspecified atom stereocenters. The van der Waals surface area contributed by atoms with Gasteiger partial charge in [0.25, 0.3) is 5.56 Å². The summed E-state index contributed by atoms with van der Waals surface area (Å²) in [6, 6.07) is 9.14. The number of thioether (sulfide) groups is 1. The van der Waals surface area contributed by atoms with Gasteiger partial charge in [-0.15, -0.1) is 11.3 Å². The monoisotopic (exact) mass is 472 g/mol. The number of hydrogen-bond acceptors (Lipinski definition) is 8.